The van der Waals surface area contributed by atoms with Crippen molar-refractivity contribution >= 4 is 11.8 Å². The Kier molecular flexibility index (Phi) is 6.46. The number of piperidine rings is 1. The number of hydrogen-bond acceptors (Lipinski definition) is 3. The molecule has 0 aromatic rings. The SMILES string of the molecule is CCC(=O)N1CCCCC1C(=O)NCC(N)(CC)CC. The lowest BCUT2D eigenvalue weighted by atomic mass is 9.93. The lowest BCUT2D eigenvalue weighted by Crippen LogP contribution is -2.56. The highest BCUT2D eigenvalue weighted by molar-refractivity contribution is 5.87. The number of nitrogens with zero attached hydrogens (tertiary/aromatic N) is 1. The predicted molar refractivity (Wildman–Crippen MR) is 80.2 cm³/mol. The van der Waals surface area contributed by atoms with Gasteiger partial charge in [-0.25, -0.2) is 0 Å². The van der Waals surface area contributed by atoms with Gasteiger partial charge in [-0.15, -0.1) is 0 Å². The number of rotatable bonds is 6. The van der Waals surface area contributed by atoms with E-state index >= 15 is 0 Å². The minimum atomic E-state index is -0.343. The van der Waals surface area contributed by atoms with Crippen molar-refractivity contribution in [1.82, 2.24) is 10.2 Å². The van der Waals surface area contributed by atoms with Gasteiger partial charge in [0.15, 0.2) is 0 Å². The van der Waals surface area contributed by atoms with E-state index < -0.39 is 0 Å². The number of likely N-dealkylation sites (tertiary alicyclic amines) is 1. The standard InChI is InChI=1S/C15H29N3O2/c1-4-13(19)18-10-8-7-9-12(18)14(20)17-11-15(16,5-2)6-3/h12H,4-11,16H2,1-3H3,(H,17,20). The minimum absolute atomic E-state index is 0.0526. The van der Waals surface area contributed by atoms with Crippen LogP contribution in [0, 0.1) is 0 Å². The molecule has 20 heavy (non-hydrogen) atoms. The van der Waals surface area contributed by atoms with Crippen LogP contribution >= 0.6 is 0 Å². The molecule has 116 valence electrons. The van der Waals surface area contributed by atoms with E-state index in [1.807, 2.05) is 20.8 Å². The smallest absolute Gasteiger partial charge is 0.242 e. The normalized spacial score (nSPS) is 19.8. The van der Waals surface area contributed by atoms with Crippen molar-refractivity contribution in [2.45, 2.75) is 70.9 Å². The molecule has 1 heterocycles. The number of nitrogens with two attached hydrogens (primary N) is 1. The van der Waals surface area contributed by atoms with E-state index in [0.717, 1.165) is 32.1 Å². The summed E-state index contributed by atoms with van der Waals surface area (Å²) >= 11 is 0. The Labute approximate surface area is 122 Å². The molecular weight excluding hydrogens is 254 g/mol. The first-order valence-electron chi connectivity index (χ1n) is 7.83. The number of amides is 2. The van der Waals surface area contributed by atoms with Crippen molar-refractivity contribution in [2.75, 3.05) is 13.1 Å². The quantitative estimate of drug-likeness (QED) is 0.774. The van der Waals surface area contributed by atoms with Crippen LogP contribution in [0.15, 0.2) is 0 Å². The molecule has 0 aliphatic carbocycles. The van der Waals surface area contributed by atoms with Crippen LogP contribution in [0.1, 0.15) is 59.3 Å². The van der Waals surface area contributed by atoms with Crippen LogP contribution in [0.3, 0.4) is 0 Å². The monoisotopic (exact) mass is 283 g/mol. The van der Waals surface area contributed by atoms with Crippen LogP contribution in [0.25, 0.3) is 0 Å². The van der Waals surface area contributed by atoms with Gasteiger partial charge in [0, 0.05) is 25.0 Å². The Morgan fingerprint density at radius 1 is 1.25 bits per heavy atom. The first kappa shape index (κ1) is 17.0. The van der Waals surface area contributed by atoms with E-state index in [4.69, 9.17) is 5.73 Å². The molecule has 1 atom stereocenters. The van der Waals surface area contributed by atoms with Crippen molar-refractivity contribution < 1.29 is 9.59 Å². The highest BCUT2D eigenvalue weighted by Gasteiger charge is 2.32. The van der Waals surface area contributed by atoms with Crippen molar-refractivity contribution in [1.29, 1.82) is 0 Å². The molecule has 1 aliphatic heterocycles. The predicted octanol–water partition coefficient (Wildman–Crippen LogP) is 1.41. The van der Waals surface area contributed by atoms with Crippen LogP contribution in [0.4, 0.5) is 0 Å². The van der Waals surface area contributed by atoms with Crippen LogP contribution < -0.4 is 11.1 Å². The minimum Gasteiger partial charge on any atom is -0.352 e. The third-order valence-electron chi connectivity index (χ3n) is 4.45. The molecule has 1 unspecified atom stereocenters. The molecule has 0 aromatic heterocycles. The van der Waals surface area contributed by atoms with Crippen LogP contribution in [-0.4, -0.2) is 41.4 Å². The van der Waals surface area contributed by atoms with Gasteiger partial charge >= 0.3 is 0 Å². The fraction of sp³-hybridized carbons (Fsp3) is 0.867. The summed E-state index contributed by atoms with van der Waals surface area (Å²) in [5.41, 5.74) is 5.86. The molecule has 0 saturated carbocycles. The summed E-state index contributed by atoms with van der Waals surface area (Å²) in [6.45, 7) is 7.07. The molecular formula is C15H29N3O2. The Bertz CT molecular complexity index is 340. The van der Waals surface area contributed by atoms with Gasteiger partial charge < -0.3 is 16.0 Å². The summed E-state index contributed by atoms with van der Waals surface area (Å²) in [6.07, 6.45) is 4.85. The Balaban J connectivity index is 2.62. The fourth-order valence-corrected chi connectivity index (χ4v) is 2.59. The van der Waals surface area contributed by atoms with Crippen LogP contribution in [0.5, 0.6) is 0 Å². The largest absolute Gasteiger partial charge is 0.352 e. The van der Waals surface area contributed by atoms with Crippen molar-refractivity contribution in [2.24, 2.45) is 5.73 Å². The molecule has 0 radical (unpaired) electrons. The van der Waals surface area contributed by atoms with E-state index in [-0.39, 0.29) is 23.4 Å². The zero-order chi connectivity index (χ0) is 15.2. The summed E-state index contributed by atoms with van der Waals surface area (Å²) in [5.74, 6) is 0.0121. The molecule has 1 fully saturated rings. The van der Waals surface area contributed by atoms with Gasteiger partial charge in [0.05, 0.1) is 0 Å². The molecule has 0 aromatic carbocycles. The molecule has 0 bridgehead atoms. The summed E-state index contributed by atoms with van der Waals surface area (Å²) in [7, 11) is 0. The molecule has 1 aliphatic rings. The Morgan fingerprint density at radius 2 is 1.90 bits per heavy atom. The van der Waals surface area contributed by atoms with Gasteiger partial charge in [-0.05, 0) is 32.1 Å². The Hall–Kier alpha value is -1.10. The lowest BCUT2D eigenvalue weighted by molar-refractivity contribution is -0.142. The average Bonchev–Trinajstić information content (AvgIpc) is 2.51. The number of carbonyl (C=O) groups is 2. The zero-order valence-corrected chi connectivity index (χ0v) is 13.1. The zero-order valence-electron chi connectivity index (χ0n) is 13.1. The number of carbonyl (C=O) groups excluding carboxylic acids is 2. The van der Waals surface area contributed by atoms with E-state index in [1.54, 1.807) is 4.90 Å². The first-order chi connectivity index (χ1) is 9.47. The highest BCUT2D eigenvalue weighted by Crippen LogP contribution is 2.18. The van der Waals surface area contributed by atoms with Crippen LogP contribution in [0.2, 0.25) is 0 Å². The van der Waals surface area contributed by atoms with Crippen LogP contribution in [-0.2, 0) is 9.59 Å². The fourth-order valence-electron chi connectivity index (χ4n) is 2.59. The second-order valence-electron chi connectivity index (χ2n) is 5.74. The second kappa shape index (κ2) is 7.62. The third-order valence-corrected chi connectivity index (χ3v) is 4.45. The molecule has 1 saturated heterocycles. The molecule has 3 N–H and O–H groups in total. The maximum absolute atomic E-state index is 12.3. The average molecular weight is 283 g/mol. The van der Waals surface area contributed by atoms with E-state index in [1.165, 1.54) is 0 Å². The molecule has 5 nitrogen and oxygen atoms in total. The Morgan fingerprint density at radius 3 is 2.45 bits per heavy atom. The summed E-state index contributed by atoms with van der Waals surface area (Å²) in [4.78, 5) is 26.0. The van der Waals surface area contributed by atoms with Gasteiger partial charge in [0.2, 0.25) is 11.8 Å². The van der Waals surface area contributed by atoms with Gasteiger partial charge in [0.25, 0.3) is 0 Å². The summed E-state index contributed by atoms with van der Waals surface area (Å²) < 4.78 is 0. The van der Waals surface area contributed by atoms with E-state index in [2.05, 4.69) is 5.32 Å². The topological polar surface area (TPSA) is 75.4 Å². The maximum Gasteiger partial charge on any atom is 0.242 e. The van der Waals surface area contributed by atoms with Gasteiger partial charge in [0.1, 0.15) is 6.04 Å². The molecule has 1 rings (SSSR count). The van der Waals surface area contributed by atoms with E-state index in [0.29, 0.717) is 19.5 Å². The van der Waals surface area contributed by atoms with Crippen molar-refractivity contribution in [3.63, 3.8) is 0 Å². The first-order valence-corrected chi connectivity index (χ1v) is 7.83. The lowest BCUT2D eigenvalue weighted by Gasteiger charge is -2.35. The highest BCUT2D eigenvalue weighted by atomic mass is 16.2. The van der Waals surface area contributed by atoms with E-state index in [9.17, 15) is 9.59 Å². The number of hydrogen-bond donors (Lipinski definition) is 2. The molecule has 2 amide bonds. The molecule has 5 heteroatoms. The molecule has 0 spiro atoms. The third kappa shape index (κ3) is 4.20. The second-order valence-corrected chi connectivity index (χ2v) is 5.74. The van der Waals surface area contributed by atoms with Crippen molar-refractivity contribution in [3.05, 3.63) is 0 Å². The van der Waals surface area contributed by atoms with Gasteiger partial charge in [-0.3, -0.25) is 9.59 Å². The summed E-state index contributed by atoms with van der Waals surface area (Å²) in [5, 5.41) is 2.95. The summed E-state index contributed by atoms with van der Waals surface area (Å²) in [6, 6.07) is -0.311. The van der Waals surface area contributed by atoms with Gasteiger partial charge in [-0.2, -0.15) is 0 Å². The van der Waals surface area contributed by atoms with Crippen molar-refractivity contribution in [3.8, 4) is 0 Å². The maximum atomic E-state index is 12.3. The number of nitrogens with one attached hydrogen (secondary N) is 1. The van der Waals surface area contributed by atoms with Gasteiger partial charge in [-0.1, -0.05) is 20.8 Å².